The zero-order valence-electron chi connectivity index (χ0n) is 22.4. The van der Waals surface area contributed by atoms with Gasteiger partial charge >= 0.3 is 0 Å². The van der Waals surface area contributed by atoms with Crippen molar-refractivity contribution in [1.82, 2.24) is 9.78 Å². The molecule has 1 aromatic carbocycles. The van der Waals surface area contributed by atoms with Gasteiger partial charge in [-0.3, -0.25) is 4.79 Å². The molecule has 6 heteroatoms. The van der Waals surface area contributed by atoms with Crippen LogP contribution in [0.15, 0.2) is 23.2 Å². The fourth-order valence-corrected chi connectivity index (χ4v) is 5.46. The molecule has 0 N–H and O–H groups in total. The Hall–Kier alpha value is -2.63. The molecule has 0 saturated heterocycles. The number of hydrogen-bond donors (Lipinski definition) is 0. The van der Waals surface area contributed by atoms with Crippen molar-refractivity contribution >= 4 is 17.3 Å². The molecule has 6 nitrogen and oxygen atoms in total. The molecule has 34 heavy (non-hydrogen) atoms. The normalized spacial score (nSPS) is 22.1. The summed E-state index contributed by atoms with van der Waals surface area (Å²) in [7, 11) is 3.28. The Morgan fingerprint density at radius 3 is 2.18 bits per heavy atom. The lowest BCUT2D eigenvalue weighted by molar-refractivity contribution is -0.124. The van der Waals surface area contributed by atoms with Crippen LogP contribution in [0.5, 0.6) is 11.5 Å². The fraction of sp³-hybridized carbons (Fsp3) is 0.607. The molecular formula is C28H39N3O3. The summed E-state index contributed by atoms with van der Waals surface area (Å²) < 4.78 is 13.2. The maximum atomic E-state index is 13.7. The van der Waals surface area contributed by atoms with Crippen molar-refractivity contribution in [3.8, 4) is 11.5 Å². The highest BCUT2D eigenvalue weighted by Gasteiger charge is 2.49. The van der Waals surface area contributed by atoms with Crippen molar-refractivity contribution in [2.75, 3.05) is 14.2 Å². The maximum absolute atomic E-state index is 13.7. The minimum atomic E-state index is -0.294. The summed E-state index contributed by atoms with van der Waals surface area (Å²) in [4.78, 5) is 18.9. The van der Waals surface area contributed by atoms with E-state index in [1.807, 2.05) is 12.1 Å². The third-order valence-corrected chi connectivity index (χ3v) is 6.92. The van der Waals surface area contributed by atoms with Crippen molar-refractivity contribution in [3.05, 3.63) is 35.0 Å². The van der Waals surface area contributed by atoms with Crippen LogP contribution in [0, 0.1) is 11.3 Å². The smallest absolute Gasteiger partial charge is 0.161 e. The number of ketones is 1. The van der Waals surface area contributed by atoms with Crippen LogP contribution in [0.25, 0.3) is 0 Å². The number of nitrogens with zero attached hydrogens (tertiary/aromatic N) is 3. The number of ether oxygens (including phenoxy) is 2. The van der Waals surface area contributed by atoms with Crippen molar-refractivity contribution in [2.24, 2.45) is 16.3 Å². The van der Waals surface area contributed by atoms with E-state index in [0.717, 1.165) is 34.8 Å². The molecule has 2 unspecified atom stereocenters. The van der Waals surface area contributed by atoms with Gasteiger partial charge in [-0.2, -0.15) is 5.10 Å². The summed E-state index contributed by atoms with van der Waals surface area (Å²) in [5.41, 5.74) is 3.50. The number of aromatic nitrogens is 2. The summed E-state index contributed by atoms with van der Waals surface area (Å²) in [6.07, 6.45) is 1.35. The van der Waals surface area contributed by atoms with Gasteiger partial charge in [-0.1, -0.05) is 40.7 Å². The van der Waals surface area contributed by atoms with Crippen LogP contribution in [0.3, 0.4) is 0 Å². The van der Waals surface area contributed by atoms with Gasteiger partial charge in [0.1, 0.15) is 5.78 Å². The predicted molar refractivity (Wildman–Crippen MR) is 136 cm³/mol. The van der Waals surface area contributed by atoms with Gasteiger partial charge in [0.25, 0.3) is 0 Å². The number of Topliss-reactive ketones (excluding diaryl/α,β-unsaturated/α-hetero) is 1. The predicted octanol–water partition coefficient (Wildman–Crippen LogP) is 6.18. The van der Waals surface area contributed by atoms with Crippen molar-refractivity contribution in [1.29, 1.82) is 0 Å². The minimum absolute atomic E-state index is 0.106. The number of carbonyl (C=O) groups is 1. The Balaban J connectivity index is 2.07. The number of hydrogen-bond acceptors (Lipinski definition) is 5. The molecule has 1 fully saturated rings. The molecule has 4 rings (SSSR count). The van der Waals surface area contributed by atoms with Gasteiger partial charge in [0.05, 0.1) is 31.4 Å². The Morgan fingerprint density at radius 1 is 0.971 bits per heavy atom. The molecule has 1 aromatic heterocycles. The van der Waals surface area contributed by atoms with E-state index in [1.165, 1.54) is 0 Å². The van der Waals surface area contributed by atoms with Gasteiger partial charge in [-0.05, 0) is 50.3 Å². The van der Waals surface area contributed by atoms with Crippen LogP contribution < -0.4 is 9.47 Å². The van der Waals surface area contributed by atoms with Crippen LogP contribution in [0.2, 0.25) is 0 Å². The van der Waals surface area contributed by atoms with Crippen LogP contribution in [-0.2, 0) is 15.7 Å². The number of fused-ring (bicyclic) bond motifs is 2. The lowest BCUT2D eigenvalue weighted by Crippen LogP contribution is -2.43. The lowest BCUT2D eigenvalue weighted by Gasteiger charge is -2.41. The van der Waals surface area contributed by atoms with Crippen molar-refractivity contribution < 1.29 is 14.3 Å². The molecule has 0 radical (unpaired) electrons. The summed E-state index contributed by atoms with van der Waals surface area (Å²) in [6.45, 7) is 17.3. The topological polar surface area (TPSA) is 65.7 Å². The molecule has 184 valence electrons. The lowest BCUT2D eigenvalue weighted by atomic mass is 9.63. The number of benzene rings is 1. The third-order valence-electron chi connectivity index (χ3n) is 6.92. The first kappa shape index (κ1) is 24.5. The van der Waals surface area contributed by atoms with Gasteiger partial charge in [-0.15, -0.1) is 0 Å². The van der Waals surface area contributed by atoms with E-state index in [2.05, 4.69) is 66.1 Å². The highest BCUT2D eigenvalue weighted by molar-refractivity contribution is 6.11. The molecule has 2 aliphatic rings. The largest absolute Gasteiger partial charge is 0.493 e. The zero-order valence-corrected chi connectivity index (χ0v) is 22.4. The molecule has 2 aromatic rings. The van der Waals surface area contributed by atoms with Gasteiger partial charge in [-0.25, -0.2) is 9.67 Å². The maximum Gasteiger partial charge on any atom is 0.161 e. The molecular weight excluding hydrogens is 426 g/mol. The Kier molecular flexibility index (Phi) is 5.73. The van der Waals surface area contributed by atoms with E-state index in [0.29, 0.717) is 17.9 Å². The van der Waals surface area contributed by atoms with Crippen LogP contribution in [0.4, 0.5) is 5.82 Å². The van der Waals surface area contributed by atoms with Crippen LogP contribution in [0.1, 0.15) is 91.0 Å². The summed E-state index contributed by atoms with van der Waals surface area (Å²) in [5, 5.41) is 5.15. The second-order valence-electron chi connectivity index (χ2n) is 12.6. The second kappa shape index (κ2) is 7.96. The summed E-state index contributed by atoms with van der Waals surface area (Å²) in [5.74, 6) is 2.01. The summed E-state index contributed by atoms with van der Waals surface area (Å²) in [6, 6.07) is 6.01. The molecule has 0 amide bonds. The van der Waals surface area contributed by atoms with E-state index >= 15 is 0 Å². The van der Waals surface area contributed by atoms with E-state index in [1.54, 1.807) is 14.2 Å². The Bertz CT molecular complexity index is 1160. The fourth-order valence-electron chi connectivity index (χ4n) is 5.46. The number of rotatable bonds is 3. The average Bonchev–Trinajstić information content (AvgIpc) is 3.10. The van der Waals surface area contributed by atoms with E-state index in [4.69, 9.17) is 19.6 Å². The molecule has 0 spiro atoms. The molecule has 1 aliphatic heterocycles. The quantitative estimate of drug-likeness (QED) is 0.543. The van der Waals surface area contributed by atoms with Gasteiger partial charge < -0.3 is 9.47 Å². The average molecular weight is 466 g/mol. The highest BCUT2D eigenvalue weighted by Crippen LogP contribution is 2.53. The Morgan fingerprint density at radius 2 is 1.62 bits per heavy atom. The van der Waals surface area contributed by atoms with Crippen molar-refractivity contribution in [2.45, 2.75) is 85.1 Å². The molecule has 2 atom stereocenters. The summed E-state index contributed by atoms with van der Waals surface area (Å²) >= 11 is 0. The number of aliphatic imine (C=N–C) groups is 1. The highest BCUT2D eigenvalue weighted by atomic mass is 16.5. The van der Waals surface area contributed by atoms with Gasteiger partial charge in [0.15, 0.2) is 17.3 Å². The minimum Gasteiger partial charge on any atom is -0.493 e. The number of methoxy groups -OCH3 is 2. The first-order chi connectivity index (χ1) is 15.7. The molecule has 0 bridgehead atoms. The van der Waals surface area contributed by atoms with Gasteiger partial charge in [0.2, 0.25) is 0 Å². The standard InChI is InChI=1S/C28H39N3O3/c1-26(2,3)24-23-21(16-11-12-19(33-9)20(13-16)34-10)22-17(14-28(7,8)15-18(22)32)29-25(23)31(30-24)27(4,5)6/h11-13,21-22H,14-15H2,1-10H3. The van der Waals surface area contributed by atoms with Crippen molar-refractivity contribution in [3.63, 3.8) is 0 Å². The molecule has 1 aliphatic carbocycles. The van der Waals surface area contributed by atoms with E-state index in [9.17, 15) is 4.79 Å². The van der Waals surface area contributed by atoms with Crippen LogP contribution in [-0.4, -0.2) is 35.5 Å². The monoisotopic (exact) mass is 465 g/mol. The van der Waals surface area contributed by atoms with Crippen LogP contribution >= 0.6 is 0 Å². The second-order valence-corrected chi connectivity index (χ2v) is 12.6. The first-order valence-electron chi connectivity index (χ1n) is 12.1. The Labute approximate surface area is 203 Å². The third kappa shape index (κ3) is 4.05. The van der Waals surface area contributed by atoms with Gasteiger partial charge in [0, 0.05) is 29.0 Å². The SMILES string of the molecule is COc1ccc(C2c3c(C(C)(C)C)nn(C(C)(C)C)c3N=C3CC(C)(C)CC(=O)C32)cc1OC. The molecule has 1 saturated carbocycles. The van der Waals surface area contributed by atoms with E-state index in [-0.39, 0.29) is 34.0 Å². The van der Waals surface area contributed by atoms with E-state index < -0.39 is 0 Å². The zero-order chi connectivity index (χ0) is 25.2. The number of carbonyl (C=O) groups excluding carboxylic acids is 1. The molecule has 2 heterocycles. The first-order valence-corrected chi connectivity index (χ1v) is 12.1.